The van der Waals surface area contributed by atoms with E-state index in [1.54, 1.807) is 50.4 Å². The molecule has 0 aliphatic rings. The Morgan fingerprint density at radius 2 is 1.09 bits per heavy atom. The number of halogens is 6. The number of nitrogens with zero attached hydrogens (tertiary/aromatic N) is 2. The number of benzene rings is 4. The van der Waals surface area contributed by atoms with Crippen LogP contribution in [0.2, 0.25) is 10.0 Å². The van der Waals surface area contributed by atoms with Gasteiger partial charge in [-0.2, -0.15) is 0 Å². The van der Waals surface area contributed by atoms with E-state index < -0.39 is 77.3 Å². The number of aromatic nitrogens is 4. The summed E-state index contributed by atoms with van der Waals surface area (Å²) in [6, 6.07) is 24.3. The van der Waals surface area contributed by atoms with E-state index in [9.17, 15) is 39.6 Å². The Morgan fingerprint density at radius 3 is 1.60 bits per heavy atom. The summed E-state index contributed by atoms with van der Waals surface area (Å²) < 4.78 is 104. The zero-order valence-electron chi connectivity index (χ0n) is 35.6. The number of sulfone groups is 2. The molecule has 0 atom stereocenters. The molecule has 11 nitrogen and oxygen atoms in total. The molecule has 0 aliphatic carbocycles. The minimum atomic E-state index is -3.59. The molecule has 3 N–H and O–H groups in total. The van der Waals surface area contributed by atoms with Gasteiger partial charge >= 0.3 is 5.97 Å². The summed E-state index contributed by atoms with van der Waals surface area (Å²) in [4.78, 5) is 38.4. The lowest BCUT2D eigenvalue weighted by molar-refractivity contribution is 0.0685. The predicted octanol–water partition coefficient (Wildman–Crippen LogP) is 11.6. The molecule has 0 radical (unpaired) electrons. The number of H-pyrrole nitrogens is 2. The number of carbonyl (C=O) groups excluding carboxylic acids is 1. The summed E-state index contributed by atoms with van der Waals surface area (Å²) in [7, 11) is -7.11. The van der Waals surface area contributed by atoms with Crippen molar-refractivity contribution in [3.05, 3.63) is 177 Å². The molecule has 0 amide bonds. The maximum absolute atomic E-state index is 15.2. The predicted molar refractivity (Wildman–Crippen MR) is 252 cm³/mol. The van der Waals surface area contributed by atoms with Gasteiger partial charge in [0.15, 0.2) is 19.7 Å². The molecule has 4 heterocycles. The fourth-order valence-corrected chi connectivity index (χ4v) is 10.1. The summed E-state index contributed by atoms with van der Waals surface area (Å²) in [6.07, 6.45) is 7.44. The Hall–Kier alpha value is -6.40. The highest BCUT2D eigenvalue weighted by molar-refractivity contribution is 7.90. The van der Waals surface area contributed by atoms with Gasteiger partial charge in [0.2, 0.25) is 5.78 Å². The fourth-order valence-electron chi connectivity index (χ4n) is 6.92. The quantitative estimate of drug-likeness (QED) is 0.0748. The van der Waals surface area contributed by atoms with E-state index in [4.69, 9.17) is 28.3 Å². The van der Waals surface area contributed by atoms with Crippen molar-refractivity contribution < 1.29 is 49.1 Å². The van der Waals surface area contributed by atoms with Crippen LogP contribution in [0.3, 0.4) is 0 Å². The Morgan fingerprint density at radius 1 is 0.612 bits per heavy atom. The van der Waals surface area contributed by atoms with Crippen molar-refractivity contribution in [1.29, 1.82) is 0 Å². The molecule has 4 aromatic heterocycles. The molecule has 8 rings (SSSR count). The Kier molecular flexibility index (Phi) is 16.0. The highest BCUT2D eigenvalue weighted by Gasteiger charge is 2.27. The second-order valence-corrected chi connectivity index (χ2v) is 20.3. The van der Waals surface area contributed by atoms with Gasteiger partial charge in [0, 0.05) is 73.4 Å². The molecule has 19 heteroatoms. The highest BCUT2D eigenvalue weighted by Crippen LogP contribution is 2.30. The lowest BCUT2D eigenvalue weighted by Gasteiger charge is -2.10. The van der Waals surface area contributed by atoms with Crippen molar-refractivity contribution in [2.45, 2.75) is 38.2 Å². The number of aromatic carboxylic acids is 1. The first kappa shape index (κ1) is 50.0. The van der Waals surface area contributed by atoms with Gasteiger partial charge in [-0.25, -0.2) is 49.2 Å². The normalized spacial score (nSPS) is 11.5. The van der Waals surface area contributed by atoms with Crippen LogP contribution in [0.25, 0.3) is 44.3 Å². The average molecular weight is 996 g/mol. The number of carboxylic acids is 1. The number of hydrogen-bond acceptors (Lipinski definition) is 8. The molecular weight excluding hydrogens is 956 g/mol. The lowest BCUT2D eigenvalue weighted by atomic mass is 9.99. The van der Waals surface area contributed by atoms with E-state index >= 15 is 4.39 Å². The number of hydrogen-bond donors (Lipinski definition) is 3. The maximum Gasteiger partial charge on any atom is 0.341 e. The maximum atomic E-state index is 15.2. The van der Waals surface area contributed by atoms with Gasteiger partial charge < -0.3 is 15.1 Å². The molecular formula is C48H40Cl2F4N4O7S2. The van der Waals surface area contributed by atoms with Gasteiger partial charge in [-0.3, -0.25) is 4.79 Å². The summed E-state index contributed by atoms with van der Waals surface area (Å²) in [5, 5.41) is 11.5. The number of nitrogens with one attached hydrogen (secondary N) is 2. The van der Waals surface area contributed by atoms with Gasteiger partial charge in [-0.1, -0.05) is 73.4 Å². The van der Waals surface area contributed by atoms with Gasteiger partial charge in [-0.05, 0) is 78.6 Å². The Balaban J connectivity index is 0.000000183. The molecule has 0 bridgehead atoms. The van der Waals surface area contributed by atoms with Crippen LogP contribution in [-0.4, -0.2) is 65.1 Å². The third-order valence-electron chi connectivity index (χ3n) is 10.1. The SMILES string of the molecule is CCCS(=O)(=O)Cc1ccc(F)c(C(=O)O)c1F.CCCS(=O)(=O)Cc1ccc(F)c(C(=O)c2c[nH]c3ncc(-c4ccc(Cl)cc4)cc23)c1F.Clc1ccc(-c2cnc3[nH]ccc3c2)cc1. The number of ketones is 1. The third kappa shape index (κ3) is 12.3. The van der Waals surface area contributed by atoms with Crippen molar-refractivity contribution in [2.24, 2.45) is 0 Å². The number of carboxylic acid groups (broad SMARTS) is 1. The zero-order valence-corrected chi connectivity index (χ0v) is 38.7. The molecule has 0 fully saturated rings. The monoisotopic (exact) mass is 994 g/mol. The minimum absolute atomic E-state index is 0.0275. The smallest absolute Gasteiger partial charge is 0.341 e. The largest absolute Gasteiger partial charge is 0.477 e. The fraction of sp³-hybridized carbons (Fsp3) is 0.167. The van der Waals surface area contributed by atoms with Gasteiger partial charge in [-0.15, -0.1) is 0 Å². The van der Waals surface area contributed by atoms with Gasteiger partial charge in [0.1, 0.15) is 40.1 Å². The lowest BCUT2D eigenvalue weighted by Crippen LogP contribution is -2.14. The molecule has 0 aliphatic heterocycles. The van der Waals surface area contributed by atoms with Gasteiger partial charge in [0.05, 0.1) is 28.6 Å². The van der Waals surface area contributed by atoms with Crippen molar-refractivity contribution in [2.75, 3.05) is 11.5 Å². The van der Waals surface area contributed by atoms with Crippen molar-refractivity contribution >= 4 is 76.7 Å². The summed E-state index contributed by atoms with van der Waals surface area (Å²) in [6.45, 7) is 3.35. The van der Waals surface area contributed by atoms with Crippen molar-refractivity contribution in [3.8, 4) is 22.3 Å². The minimum Gasteiger partial charge on any atom is -0.477 e. The summed E-state index contributed by atoms with van der Waals surface area (Å²) in [5.74, 6) is -8.96. The van der Waals surface area contributed by atoms with E-state index in [0.717, 1.165) is 57.0 Å². The molecule has 0 spiro atoms. The Labute approximate surface area is 392 Å². The first-order valence-corrected chi connectivity index (χ1v) is 24.8. The van der Waals surface area contributed by atoms with Crippen molar-refractivity contribution in [3.63, 3.8) is 0 Å². The molecule has 0 unspecified atom stereocenters. The topological polar surface area (TPSA) is 180 Å². The van der Waals surface area contributed by atoms with Crippen LogP contribution < -0.4 is 0 Å². The second kappa shape index (κ2) is 21.5. The summed E-state index contributed by atoms with van der Waals surface area (Å²) >= 11 is 11.8. The summed E-state index contributed by atoms with van der Waals surface area (Å²) in [5.41, 5.74) is 2.54. The Bertz CT molecular complexity index is 3330. The van der Waals surface area contributed by atoms with E-state index in [1.807, 2.05) is 42.7 Å². The molecule has 348 valence electrons. The zero-order chi connectivity index (χ0) is 48.6. The molecule has 0 saturated carbocycles. The third-order valence-corrected chi connectivity index (χ3v) is 14.2. The molecule has 67 heavy (non-hydrogen) atoms. The first-order chi connectivity index (χ1) is 31.8. The van der Waals surface area contributed by atoms with Gasteiger partial charge in [0.25, 0.3) is 0 Å². The van der Waals surface area contributed by atoms with Crippen LogP contribution in [0.15, 0.2) is 116 Å². The average Bonchev–Trinajstić information content (AvgIpc) is 3.94. The number of carbonyl (C=O) groups is 2. The van der Waals surface area contributed by atoms with Crippen LogP contribution >= 0.6 is 23.2 Å². The molecule has 4 aromatic carbocycles. The molecule has 0 saturated heterocycles. The van der Waals surface area contributed by atoms with Crippen LogP contribution in [0, 0.1) is 23.3 Å². The second-order valence-electron chi connectivity index (χ2n) is 15.1. The number of pyridine rings is 2. The number of aromatic amines is 2. The number of fused-ring (bicyclic) bond motifs is 2. The number of rotatable bonds is 13. The van der Waals surface area contributed by atoms with E-state index in [0.29, 0.717) is 34.5 Å². The standard InChI is InChI=1S/C24H19ClF2N2O3S.C13H9ClN2.C11H12F2O4S/c1-2-9-33(31,32)13-15-5-8-20(26)21(22(15)27)23(30)19-12-29-24-18(19)10-16(11-28-24)14-3-6-17(25)7-4-14;14-12-3-1-9(2-4-12)11-7-10-5-6-15-13(10)16-8-11;1-2-5-18(16,17)6-7-3-4-8(12)9(10(7)13)11(14)15/h3-8,10-12H,2,9,13H2,1H3,(H,28,29);1-8H,(H,15,16);3-4H,2,5-6H2,1H3,(H,14,15). The van der Waals surface area contributed by atoms with Crippen molar-refractivity contribution in [1.82, 2.24) is 19.9 Å². The van der Waals surface area contributed by atoms with E-state index in [-0.39, 0.29) is 28.2 Å². The van der Waals surface area contributed by atoms with Crippen LogP contribution in [0.1, 0.15) is 64.1 Å². The van der Waals surface area contributed by atoms with Crippen LogP contribution in [-0.2, 0) is 31.2 Å². The van der Waals surface area contributed by atoms with Crippen LogP contribution in [0.4, 0.5) is 17.6 Å². The highest BCUT2D eigenvalue weighted by atomic mass is 35.5. The molecule has 8 aromatic rings. The van der Waals surface area contributed by atoms with E-state index in [1.165, 1.54) is 6.20 Å². The van der Waals surface area contributed by atoms with Crippen LogP contribution in [0.5, 0.6) is 0 Å². The van der Waals surface area contributed by atoms with E-state index in [2.05, 4.69) is 26.0 Å². The first-order valence-electron chi connectivity index (χ1n) is 20.4.